The minimum Gasteiger partial charge on any atom is -0.355 e. The van der Waals surface area contributed by atoms with Crippen LogP contribution in [0, 0.1) is 25.7 Å². The summed E-state index contributed by atoms with van der Waals surface area (Å²) in [5, 5.41) is 7.43. The van der Waals surface area contributed by atoms with Crippen LogP contribution in [0.4, 0.5) is 0 Å². The molecule has 1 fully saturated rings. The number of nitrogens with zero attached hydrogens (tertiary/aromatic N) is 3. The quantitative estimate of drug-likeness (QED) is 0.756. The third-order valence-corrected chi connectivity index (χ3v) is 4.99. The fourth-order valence-corrected chi connectivity index (χ4v) is 3.53. The van der Waals surface area contributed by atoms with Gasteiger partial charge in [0.05, 0.1) is 18.0 Å². The fourth-order valence-electron chi connectivity index (χ4n) is 3.53. The standard InChI is InChI=1S/C19H33N5O2/c1-13(2)11-24-15(4)17(14(3)22-24)10-18(25)23-9-5-6-16(12-23)19(26)21-8-7-20/h13,16H,5-12,20H2,1-4H3,(H,21,26). The van der Waals surface area contributed by atoms with Crippen LogP contribution in [0.1, 0.15) is 43.6 Å². The van der Waals surface area contributed by atoms with Crippen LogP contribution in [0.2, 0.25) is 0 Å². The molecule has 0 bridgehead atoms. The average Bonchev–Trinajstić information content (AvgIpc) is 2.86. The van der Waals surface area contributed by atoms with E-state index >= 15 is 0 Å². The third-order valence-electron chi connectivity index (χ3n) is 4.99. The molecule has 1 aliphatic heterocycles. The average molecular weight is 364 g/mol. The predicted molar refractivity (Wildman–Crippen MR) is 102 cm³/mol. The maximum absolute atomic E-state index is 12.8. The molecule has 1 saturated heterocycles. The number of aryl methyl sites for hydroxylation is 1. The van der Waals surface area contributed by atoms with E-state index in [9.17, 15) is 9.59 Å². The fraction of sp³-hybridized carbons (Fsp3) is 0.737. The lowest BCUT2D eigenvalue weighted by Crippen LogP contribution is -2.46. The molecule has 1 aliphatic rings. The second-order valence-electron chi connectivity index (χ2n) is 7.66. The van der Waals surface area contributed by atoms with Crippen molar-refractivity contribution in [2.45, 2.75) is 53.5 Å². The minimum absolute atomic E-state index is 0.00469. The SMILES string of the molecule is Cc1nn(CC(C)C)c(C)c1CC(=O)N1CCCC(C(=O)NCCN)C1. The summed E-state index contributed by atoms with van der Waals surface area (Å²) in [5.74, 6) is 0.457. The number of rotatable bonds is 7. The molecular weight excluding hydrogens is 330 g/mol. The highest BCUT2D eigenvalue weighted by atomic mass is 16.2. The predicted octanol–water partition coefficient (Wildman–Crippen LogP) is 1.01. The zero-order chi connectivity index (χ0) is 19.3. The van der Waals surface area contributed by atoms with Crippen LogP contribution >= 0.6 is 0 Å². The molecule has 1 aromatic rings. The Labute approximate surface area is 156 Å². The maximum atomic E-state index is 12.8. The largest absolute Gasteiger partial charge is 0.355 e. The Morgan fingerprint density at radius 3 is 2.73 bits per heavy atom. The van der Waals surface area contributed by atoms with Gasteiger partial charge in [0.1, 0.15) is 0 Å². The molecule has 0 saturated carbocycles. The van der Waals surface area contributed by atoms with Crippen LogP contribution in [-0.4, -0.2) is 52.7 Å². The van der Waals surface area contributed by atoms with E-state index in [0.717, 1.165) is 42.9 Å². The molecule has 7 nitrogen and oxygen atoms in total. The molecule has 26 heavy (non-hydrogen) atoms. The maximum Gasteiger partial charge on any atom is 0.227 e. The van der Waals surface area contributed by atoms with Gasteiger partial charge in [-0.3, -0.25) is 14.3 Å². The molecule has 0 radical (unpaired) electrons. The van der Waals surface area contributed by atoms with Crippen molar-refractivity contribution in [2.75, 3.05) is 26.2 Å². The first-order chi connectivity index (χ1) is 12.3. The summed E-state index contributed by atoms with van der Waals surface area (Å²) in [4.78, 5) is 26.8. The van der Waals surface area contributed by atoms with E-state index in [1.54, 1.807) is 0 Å². The van der Waals surface area contributed by atoms with Crippen LogP contribution in [0.5, 0.6) is 0 Å². The van der Waals surface area contributed by atoms with Crippen molar-refractivity contribution in [2.24, 2.45) is 17.6 Å². The van der Waals surface area contributed by atoms with E-state index in [1.807, 2.05) is 23.4 Å². The highest BCUT2D eigenvalue weighted by molar-refractivity contribution is 5.82. The topological polar surface area (TPSA) is 93.2 Å². The van der Waals surface area contributed by atoms with Crippen LogP contribution in [0.25, 0.3) is 0 Å². The molecule has 3 N–H and O–H groups in total. The number of likely N-dealkylation sites (tertiary alicyclic amines) is 1. The summed E-state index contributed by atoms with van der Waals surface area (Å²) >= 11 is 0. The molecule has 1 atom stereocenters. The molecule has 0 aliphatic carbocycles. The number of nitrogens with one attached hydrogen (secondary N) is 1. The second-order valence-corrected chi connectivity index (χ2v) is 7.66. The summed E-state index contributed by atoms with van der Waals surface area (Å²) in [7, 11) is 0. The van der Waals surface area contributed by atoms with E-state index < -0.39 is 0 Å². The highest BCUT2D eigenvalue weighted by Gasteiger charge is 2.29. The molecule has 2 amide bonds. The first-order valence-electron chi connectivity index (χ1n) is 9.61. The monoisotopic (exact) mass is 363 g/mol. The number of carbonyl (C=O) groups is 2. The van der Waals surface area contributed by atoms with Gasteiger partial charge in [-0.05, 0) is 32.6 Å². The molecule has 2 rings (SSSR count). The summed E-state index contributed by atoms with van der Waals surface area (Å²) in [6, 6.07) is 0. The first kappa shape index (κ1) is 20.4. The minimum atomic E-state index is -0.134. The number of carbonyl (C=O) groups excluding carboxylic acids is 2. The van der Waals surface area contributed by atoms with Crippen molar-refractivity contribution < 1.29 is 9.59 Å². The van der Waals surface area contributed by atoms with Gasteiger partial charge >= 0.3 is 0 Å². The van der Waals surface area contributed by atoms with Gasteiger partial charge < -0.3 is 16.0 Å². The molecule has 146 valence electrons. The van der Waals surface area contributed by atoms with Gasteiger partial charge in [-0.1, -0.05) is 13.8 Å². The van der Waals surface area contributed by atoms with Crippen molar-refractivity contribution in [1.29, 1.82) is 0 Å². The number of hydrogen-bond donors (Lipinski definition) is 2. The summed E-state index contributed by atoms with van der Waals surface area (Å²) in [6.07, 6.45) is 2.04. The molecular formula is C19H33N5O2. The van der Waals surface area contributed by atoms with Gasteiger partial charge in [-0.25, -0.2) is 0 Å². The Hall–Kier alpha value is -1.89. The summed E-state index contributed by atoms with van der Waals surface area (Å²) in [5.41, 5.74) is 8.45. The number of piperidine rings is 1. The van der Waals surface area contributed by atoms with Crippen LogP contribution < -0.4 is 11.1 Å². The number of hydrogen-bond acceptors (Lipinski definition) is 4. The van der Waals surface area contributed by atoms with Gasteiger partial charge in [0.2, 0.25) is 11.8 Å². The molecule has 0 spiro atoms. The van der Waals surface area contributed by atoms with Crippen molar-refractivity contribution in [3.8, 4) is 0 Å². The summed E-state index contributed by atoms with van der Waals surface area (Å²) in [6.45, 7) is 11.3. The number of nitrogens with two attached hydrogens (primary N) is 1. The van der Waals surface area contributed by atoms with Crippen molar-refractivity contribution in [1.82, 2.24) is 20.0 Å². The van der Waals surface area contributed by atoms with Gasteiger partial charge in [-0.15, -0.1) is 0 Å². The Balaban J connectivity index is 2.01. The van der Waals surface area contributed by atoms with Crippen molar-refractivity contribution in [3.63, 3.8) is 0 Å². The van der Waals surface area contributed by atoms with Crippen LogP contribution in [0.15, 0.2) is 0 Å². The smallest absolute Gasteiger partial charge is 0.227 e. The van der Waals surface area contributed by atoms with E-state index in [-0.39, 0.29) is 17.7 Å². The number of amides is 2. The van der Waals surface area contributed by atoms with Gasteiger partial charge in [0.25, 0.3) is 0 Å². The van der Waals surface area contributed by atoms with E-state index in [0.29, 0.717) is 32.0 Å². The highest BCUT2D eigenvalue weighted by Crippen LogP contribution is 2.20. The van der Waals surface area contributed by atoms with E-state index in [1.165, 1.54) is 0 Å². The van der Waals surface area contributed by atoms with Crippen molar-refractivity contribution in [3.05, 3.63) is 17.0 Å². The Morgan fingerprint density at radius 1 is 1.35 bits per heavy atom. The third kappa shape index (κ3) is 5.06. The van der Waals surface area contributed by atoms with Gasteiger partial charge in [-0.2, -0.15) is 5.10 Å². The number of aromatic nitrogens is 2. The summed E-state index contributed by atoms with van der Waals surface area (Å²) < 4.78 is 2.00. The lowest BCUT2D eigenvalue weighted by atomic mass is 9.96. The van der Waals surface area contributed by atoms with Crippen LogP contribution in [-0.2, 0) is 22.6 Å². The van der Waals surface area contributed by atoms with Crippen LogP contribution in [0.3, 0.4) is 0 Å². The second kappa shape index (κ2) is 9.16. The molecule has 1 unspecified atom stereocenters. The van der Waals surface area contributed by atoms with Gasteiger partial charge in [0.15, 0.2) is 0 Å². The first-order valence-corrected chi connectivity index (χ1v) is 9.61. The van der Waals surface area contributed by atoms with Crippen molar-refractivity contribution >= 4 is 11.8 Å². The lowest BCUT2D eigenvalue weighted by molar-refractivity contribution is -0.135. The zero-order valence-electron chi connectivity index (χ0n) is 16.5. The Bertz CT molecular complexity index is 638. The Kier molecular flexibility index (Phi) is 7.20. The molecule has 7 heteroatoms. The van der Waals surface area contributed by atoms with E-state index in [4.69, 9.17) is 5.73 Å². The molecule has 1 aromatic heterocycles. The van der Waals surface area contributed by atoms with E-state index in [2.05, 4.69) is 24.3 Å². The molecule has 0 aromatic carbocycles. The normalized spacial score (nSPS) is 17.6. The lowest BCUT2D eigenvalue weighted by Gasteiger charge is -2.32. The molecule has 2 heterocycles. The van der Waals surface area contributed by atoms with Gasteiger partial charge in [0, 0.05) is 44.0 Å². The zero-order valence-corrected chi connectivity index (χ0v) is 16.5. The Morgan fingerprint density at radius 2 is 2.08 bits per heavy atom.